The minimum Gasteiger partial charge on any atom is -0.281 e. The molecule has 0 amide bonds. The van der Waals surface area contributed by atoms with Gasteiger partial charge >= 0.3 is 0 Å². The number of pyridine rings is 1. The first-order valence-electron chi connectivity index (χ1n) is 9.11. The van der Waals surface area contributed by atoms with Gasteiger partial charge in [-0.1, -0.05) is 47.7 Å². The summed E-state index contributed by atoms with van der Waals surface area (Å²) in [6.45, 7) is 6.55. The van der Waals surface area contributed by atoms with Gasteiger partial charge in [-0.15, -0.1) is 11.3 Å². The summed E-state index contributed by atoms with van der Waals surface area (Å²) in [5.41, 5.74) is 4.36. The van der Waals surface area contributed by atoms with E-state index in [1.54, 1.807) is 33.9 Å². The highest BCUT2D eigenvalue weighted by molar-refractivity contribution is 7.98. The van der Waals surface area contributed by atoms with Crippen molar-refractivity contribution in [2.24, 2.45) is 0 Å². The van der Waals surface area contributed by atoms with Crippen LogP contribution in [0.1, 0.15) is 27.3 Å². The van der Waals surface area contributed by atoms with Crippen LogP contribution in [0.4, 0.5) is 0 Å². The number of rotatable bonds is 5. The highest BCUT2D eigenvalue weighted by Gasteiger charge is 2.17. The number of aryl methyl sites for hydroxylation is 3. The van der Waals surface area contributed by atoms with Crippen molar-refractivity contribution in [2.75, 3.05) is 0 Å². The first kappa shape index (κ1) is 18.9. The Bertz CT molecular complexity index is 1180. The monoisotopic (exact) mass is 407 g/mol. The van der Waals surface area contributed by atoms with Crippen molar-refractivity contribution >= 4 is 33.3 Å². The molecule has 0 saturated heterocycles. The molecule has 4 aromatic rings. The molecule has 0 N–H and O–H groups in total. The fourth-order valence-corrected chi connectivity index (χ4v) is 5.07. The number of fused-ring (bicyclic) bond motifs is 1. The molecule has 0 aliphatic heterocycles. The average molecular weight is 408 g/mol. The van der Waals surface area contributed by atoms with Crippen molar-refractivity contribution in [1.82, 2.24) is 14.5 Å². The second-order valence-corrected chi connectivity index (χ2v) is 8.99. The van der Waals surface area contributed by atoms with Crippen molar-refractivity contribution in [3.63, 3.8) is 0 Å². The normalized spacial score (nSPS) is 11.2. The Balaban J connectivity index is 1.77. The van der Waals surface area contributed by atoms with Gasteiger partial charge in [-0.25, -0.2) is 4.98 Å². The van der Waals surface area contributed by atoms with Crippen molar-refractivity contribution in [2.45, 2.75) is 38.2 Å². The van der Waals surface area contributed by atoms with E-state index in [1.165, 1.54) is 11.1 Å². The topological polar surface area (TPSA) is 47.8 Å². The van der Waals surface area contributed by atoms with Crippen molar-refractivity contribution < 1.29 is 0 Å². The van der Waals surface area contributed by atoms with Gasteiger partial charge in [-0.3, -0.25) is 14.3 Å². The van der Waals surface area contributed by atoms with Gasteiger partial charge in [-0.05, 0) is 44.0 Å². The fraction of sp³-hybridized carbons (Fsp3) is 0.227. The van der Waals surface area contributed by atoms with Gasteiger partial charge in [0, 0.05) is 16.8 Å². The highest BCUT2D eigenvalue weighted by atomic mass is 32.2. The number of benzene rings is 1. The Morgan fingerprint density at radius 1 is 1.07 bits per heavy atom. The summed E-state index contributed by atoms with van der Waals surface area (Å²) in [4.78, 5) is 24.6. The zero-order valence-electron chi connectivity index (χ0n) is 16.1. The number of thiophene rings is 1. The van der Waals surface area contributed by atoms with Crippen LogP contribution in [0.15, 0.2) is 58.6 Å². The van der Waals surface area contributed by atoms with Gasteiger partial charge in [0.05, 0.1) is 17.6 Å². The molecule has 3 aromatic heterocycles. The van der Waals surface area contributed by atoms with Crippen molar-refractivity contribution in [3.8, 4) is 0 Å². The lowest BCUT2D eigenvalue weighted by Gasteiger charge is -2.12. The summed E-state index contributed by atoms with van der Waals surface area (Å²) in [6, 6.07) is 14.2. The molecule has 0 unspecified atom stereocenters. The van der Waals surface area contributed by atoms with Gasteiger partial charge in [0.1, 0.15) is 4.83 Å². The Morgan fingerprint density at radius 3 is 2.57 bits per heavy atom. The largest absolute Gasteiger partial charge is 0.281 e. The van der Waals surface area contributed by atoms with Gasteiger partial charge in [0.15, 0.2) is 5.16 Å². The molecule has 0 saturated carbocycles. The number of aromatic nitrogens is 3. The van der Waals surface area contributed by atoms with Crippen LogP contribution >= 0.6 is 23.1 Å². The number of nitrogens with zero attached hydrogens (tertiary/aromatic N) is 3. The molecule has 0 aliphatic rings. The van der Waals surface area contributed by atoms with Crippen LogP contribution in [0.5, 0.6) is 0 Å². The van der Waals surface area contributed by atoms with Crippen LogP contribution < -0.4 is 5.56 Å². The molecule has 0 bridgehead atoms. The molecule has 1 aromatic carbocycles. The Hall–Kier alpha value is -2.44. The minimum absolute atomic E-state index is 0.0175. The van der Waals surface area contributed by atoms with E-state index < -0.39 is 0 Å². The van der Waals surface area contributed by atoms with Crippen LogP contribution in [-0.4, -0.2) is 14.5 Å². The van der Waals surface area contributed by atoms with E-state index in [-0.39, 0.29) is 5.56 Å². The third kappa shape index (κ3) is 3.75. The second-order valence-electron chi connectivity index (χ2n) is 6.84. The van der Waals surface area contributed by atoms with E-state index in [9.17, 15) is 4.79 Å². The van der Waals surface area contributed by atoms with E-state index >= 15 is 0 Å². The number of hydrogen-bond donors (Lipinski definition) is 0. The molecule has 4 nitrogen and oxygen atoms in total. The minimum atomic E-state index is 0.0175. The standard InChI is InChI=1S/C22H21N3OS2/c1-14-7-9-17(10-8-14)13-27-22-24-20-19(15(2)16(3)28-20)21(26)25(22)12-18-6-4-5-11-23-18/h4-11H,12-13H2,1-3H3. The lowest BCUT2D eigenvalue weighted by molar-refractivity contribution is 0.647. The summed E-state index contributed by atoms with van der Waals surface area (Å²) in [6.07, 6.45) is 1.76. The fourth-order valence-electron chi connectivity index (χ4n) is 3.04. The molecule has 0 atom stereocenters. The second kappa shape index (κ2) is 7.89. The Morgan fingerprint density at radius 2 is 1.86 bits per heavy atom. The summed E-state index contributed by atoms with van der Waals surface area (Å²) in [5.74, 6) is 0.768. The van der Waals surface area contributed by atoms with Crippen molar-refractivity contribution in [3.05, 3.63) is 86.3 Å². The zero-order chi connectivity index (χ0) is 19.7. The van der Waals surface area contributed by atoms with E-state index in [0.29, 0.717) is 6.54 Å². The molecule has 4 rings (SSSR count). The average Bonchev–Trinajstić information content (AvgIpc) is 2.98. The molecule has 0 fully saturated rings. The summed E-state index contributed by atoms with van der Waals surface area (Å²) in [5, 5.41) is 1.48. The van der Waals surface area contributed by atoms with Gasteiger partial charge in [0.25, 0.3) is 5.56 Å². The van der Waals surface area contributed by atoms with E-state index in [0.717, 1.165) is 37.3 Å². The van der Waals surface area contributed by atoms with Gasteiger partial charge in [0.2, 0.25) is 0 Å². The van der Waals surface area contributed by atoms with Gasteiger partial charge < -0.3 is 0 Å². The lowest BCUT2D eigenvalue weighted by atomic mass is 10.2. The lowest BCUT2D eigenvalue weighted by Crippen LogP contribution is -2.24. The molecule has 6 heteroatoms. The third-order valence-electron chi connectivity index (χ3n) is 4.79. The molecule has 0 aliphatic carbocycles. The van der Waals surface area contributed by atoms with E-state index in [4.69, 9.17) is 4.98 Å². The maximum atomic E-state index is 13.3. The van der Waals surface area contributed by atoms with Crippen LogP contribution in [0, 0.1) is 20.8 Å². The Kier molecular flexibility index (Phi) is 5.33. The highest BCUT2D eigenvalue weighted by Crippen LogP contribution is 2.29. The summed E-state index contributed by atoms with van der Waals surface area (Å²) < 4.78 is 1.77. The first-order chi connectivity index (χ1) is 13.5. The van der Waals surface area contributed by atoms with E-state index in [1.807, 2.05) is 32.0 Å². The first-order valence-corrected chi connectivity index (χ1v) is 10.9. The molecule has 142 valence electrons. The predicted molar refractivity (Wildman–Crippen MR) is 117 cm³/mol. The maximum Gasteiger partial charge on any atom is 0.263 e. The quantitative estimate of drug-likeness (QED) is 0.340. The SMILES string of the molecule is Cc1ccc(CSc2nc3sc(C)c(C)c3c(=O)n2Cc2ccccn2)cc1. The van der Waals surface area contributed by atoms with Crippen LogP contribution in [0.25, 0.3) is 10.2 Å². The summed E-state index contributed by atoms with van der Waals surface area (Å²) >= 11 is 3.19. The molecule has 28 heavy (non-hydrogen) atoms. The van der Waals surface area contributed by atoms with E-state index in [2.05, 4.69) is 36.2 Å². The molecule has 0 spiro atoms. The Labute approximate surface area is 172 Å². The molecular formula is C22H21N3OS2. The molecule has 0 radical (unpaired) electrons. The number of hydrogen-bond acceptors (Lipinski definition) is 5. The predicted octanol–water partition coefficient (Wildman–Crippen LogP) is 5.12. The number of thioether (sulfide) groups is 1. The summed E-state index contributed by atoms with van der Waals surface area (Å²) in [7, 11) is 0. The van der Waals surface area contributed by atoms with Crippen LogP contribution in [0.2, 0.25) is 0 Å². The molecule has 3 heterocycles. The third-order valence-corrected chi connectivity index (χ3v) is 6.94. The maximum absolute atomic E-state index is 13.3. The molecular weight excluding hydrogens is 386 g/mol. The van der Waals surface area contributed by atoms with Crippen LogP contribution in [-0.2, 0) is 12.3 Å². The zero-order valence-corrected chi connectivity index (χ0v) is 17.7. The van der Waals surface area contributed by atoms with Crippen LogP contribution in [0.3, 0.4) is 0 Å². The van der Waals surface area contributed by atoms with Gasteiger partial charge in [-0.2, -0.15) is 0 Å². The smallest absolute Gasteiger partial charge is 0.263 e. The van der Waals surface area contributed by atoms with Crippen molar-refractivity contribution in [1.29, 1.82) is 0 Å².